The fourth-order valence-corrected chi connectivity index (χ4v) is 4.49. The van der Waals surface area contributed by atoms with Crippen LogP contribution >= 0.6 is 11.8 Å². The zero-order valence-electron chi connectivity index (χ0n) is 8.35. The normalized spacial score (nSPS) is 11.7. The molecular formula is C8H18O2SSi. The van der Waals surface area contributed by atoms with Gasteiger partial charge in [-0.25, -0.2) is 0 Å². The molecule has 0 radical (unpaired) electrons. The van der Waals surface area contributed by atoms with Gasteiger partial charge in [0.15, 0.2) is 13.4 Å². The lowest BCUT2D eigenvalue weighted by Crippen LogP contribution is -2.30. The summed E-state index contributed by atoms with van der Waals surface area (Å²) in [5.74, 6) is 0.911. The average molecular weight is 206 g/mol. The minimum absolute atomic E-state index is 0.205. The van der Waals surface area contributed by atoms with Gasteiger partial charge in [0.1, 0.15) is 0 Å². The Morgan fingerprint density at radius 2 is 2.08 bits per heavy atom. The number of carbonyl (C=O) groups is 1. The molecule has 0 aromatic heterocycles. The zero-order chi connectivity index (χ0) is 9.61. The first-order chi connectivity index (χ1) is 5.48. The van der Waals surface area contributed by atoms with Crippen LogP contribution in [0.2, 0.25) is 19.1 Å². The monoisotopic (exact) mass is 206 g/mol. The van der Waals surface area contributed by atoms with Crippen molar-refractivity contribution in [2.75, 3.05) is 12.4 Å². The molecular weight excluding hydrogens is 188 g/mol. The quantitative estimate of drug-likeness (QED) is 0.647. The lowest BCUT2D eigenvalue weighted by Gasteiger charge is -2.20. The number of rotatable bonds is 5. The van der Waals surface area contributed by atoms with E-state index in [1.54, 1.807) is 6.92 Å². The molecule has 0 saturated heterocycles. The van der Waals surface area contributed by atoms with Crippen LogP contribution in [0.1, 0.15) is 13.8 Å². The van der Waals surface area contributed by atoms with Crippen molar-refractivity contribution in [3.05, 3.63) is 0 Å². The van der Waals surface area contributed by atoms with Gasteiger partial charge in [-0.3, -0.25) is 4.79 Å². The van der Waals surface area contributed by atoms with Gasteiger partial charge in [-0.15, -0.1) is 0 Å². The molecule has 0 aliphatic heterocycles. The molecule has 0 amide bonds. The Morgan fingerprint density at radius 3 is 2.50 bits per heavy atom. The molecule has 0 atom stereocenters. The summed E-state index contributed by atoms with van der Waals surface area (Å²) in [7, 11) is -1.44. The van der Waals surface area contributed by atoms with Crippen LogP contribution in [0.4, 0.5) is 0 Å². The molecule has 0 N–H and O–H groups in total. The van der Waals surface area contributed by atoms with Crippen molar-refractivity contribution in [1.82, 2.24) is 0 Å². The summed E-state index contributed by atoms with van der Waals surface area (Å²) in [6.45, 7) is 8.81. The maximum Gasteiger partial charge on any atom is 0.187 e. The first kappa shape index (κ1) is 12.2. The average Bonchev–Trinajstić information content (AvgIpc) is 1.85. The van der Waals surface area contributed by atoms with Crippen LogP contribution in [-0.4, -0.2) is 25.8 Å². The van der Waals surface area contributed by atoms with Gasteiger partial charge >= 0.3 is 0 Å². The van der Waals surface area contributed by atoms with Crippen LogP contribution in [0.3, 0.4) is 0 Å². The van der Waals surface area contributed by atoms with Crippen molar-refractivity contribution in [2.45, 2.75) is 33.0 Å². The highest BCUT2D eigenvalue weighted by atomic mass is 32.2. The van der Waals surface area contributed by atoms with Crippen LogP contribution in [0.15, 0.2) is 0 Å². The highest BCUT2D eigenvalue weighted by Crippen LogP contribution is 2.15. The molecule has 0 aliphatic carbocycles. The van der Waals surface area contributed by atoms with Crippen LogP contribution < -0.4 is 0 Å². The Hall–Kier alpha value is 0.197. The Balaban J connectivity index is 3.53. The highest BCUT2D eigenvalue weighted by Gasteiger charge is 2.21. The summed E-state index contributed by atoms with van der Waals surface area (Å²) >= 11 is 1.40. The lowest BCUT2D eigenvalue weighted by molar-refractivity contribution is -0.109. The Kier molecular flexibility index (Phi) is 5.87. The van der Waals surface area contributed by atoms with Gasteiger partial charge in [-0.2, -0.15) is 0 Å². The highest BCUT2D eigenvalue weighted by molar-refractivity contribution is 8.13. The molecule has 0 aliphatic rings. The molecule has 0 spiro atoms. The van der Waals surface area contributed by atoms with Gasteiger partial charge in [-0.1, -0.05) is 11.8 Å². The second-order valence-corrected chi connectivity index (χ2v) is 8.86. The van der Waals surface area contributed by atoms with Gasteiger partial charge in [0.2, 0.25) is 0 Å². The summed E-state index contributed by atoms with van der Waals surface area (Å²) in [5, 5.41) is 0.205. The summed E-state index contributed by atoms with van der Waals surface area (Å²) < 4.78 is 5.63. The lowest BCUT2D eigenvalue weighted by atomic mass is 10.9. The van der Waals surface area contributed by atoms with Gasteiger partial charge in [0.05, 0.1) is 0 Å². The largest absolute Gasteiger partial charge is 0.418 e. The van der Waals surface area contributed by atoms with E-state index in [9.17, 15) is 4.79 Å². The van der Waals surface area contributed by atoms with E-state index in [0.717, 1.165) is 18.4 Å². The minimum atomic E-state index is -1.44. The number of hydrogen-bond acceptors (Lipinski definition) is 3. The predicted molar refractivity (Wildman–Crippen MR) is 57.1 cm³/mol. The van der Waals surface area contributed by atoms with Crippen molar-refractivity contribution >= 4 is 25.2 Å². The maximum atomic E-state index is 10.6. The van der Waals surface area contributed by atoms with E-state index in [4.69, 9.17) is 4.43 Å². The molecule has 0 fully saturated rings. The van der Waals surface area contributed by atoms with E-state index in [0.29, 0.717) is 0 Å². The van der Waals surface area contributed by atoms with Gasteiger partial charge in [-0.05, 0) is 26.1 Å². The summed E-state index contributed by atoms with van der Waals surface area (Å²) in [4.78, 5) is 10.6. The minimum Gasteiger partial charge on any atom is -0.418 e. The molecule has 72 valence electrons. The smallest absolute Gasteiger partial charge is 0.187 e. The second kappa shape index (κ2) is 5.78. The number of thioether (sulfide) groups is 1. The second-order valence-electron chi connectivity index (χ2n) is 3.28. The Bertz CT molecular complexity index is 148. The zero-order valence-corrected chi connectivity index (χ0v) is 10.2. The molecule has 0 saturated carbocycles. The molecule has 2 nitrogen and oxygen atoms in total. The SMILES string of the molecule is CCO[Si](C)(C)CCSC(C)=O. The Labute approximate surface area is 80.2 Å². The molecule has 4 heteroatoms. The van der Waals surface area contributed by atoms with E-state index in [2.05, 4.69) is 13.1 Å². The van der Waals surface area contributed by atoms with Crippen molar-refractivity contribution in [3.8, 4) is 0 Å². The molecule has 0 rings (SSSR count). The van der Waals surface area contributed by atoms with E-state index in [-0.39, 0.29) is 5.12 Å². The third kappa shape index (κ3) is 6.88. The van der Waals surface area contributed by atoms with Gasteiger partial charge < -0.3 is 4.43 Å². The maximum absolute atomic E-state index is 10.6. The van der Waals surface area contributed by atoms with E-state index in [1.165, 1.54) is 11.8 Å². The van der Waals surface area contributed by atoms with Crippen LogP contribution in [-0.2, 0) is 9.22 Å². The van der Waals surface area contributed by atoms with Crippen molar-refractivity contribution in [1.29, 1.82) is 0 Å². The van der Waals surface area contributed by atoms with Crippen LogP contribution in [0.5, 0.6) is 0 Å². The molecule has 0 aromatic rings. The van der Waals surface area contributed by atoms with Crippen LogP contribution in [0, 0.1) is 0 Å². The molecule has 0 unspecified atom stereocenters. The van der Waals surface area contributed by atoms with Gasteiger partial charge in [0, 0.05) is 19.3 Å². The summed E-state index contributed by atoms with van der Waals surface area (Å²) in [5.41, 5.74) is 0. The van der Waals surface area contributed by atoms with Crippen LogP contribution in [0.25, 0.3) is 0 Å². The number of hydrogen-bond donors (Lipinski definition) is 0. The first-order valence-electron chi connectivity index (χ1n) is 4.25. The Morgan fingerprint density at radius 1 is 1.50 bits per heavy atom. The molecule has 12 heavy (non-hydrogen) atoms. The van der Waals surface area contributed by atoms with E-state index in [1.807, 2.05) is 6.92 Å². The molecule has 0 aromatic carbocycles. The fraction of sp³-hybridized carbons (Fsp3) is 0.875. The topological polar surface area (TPSA) is 26.3 Å². The standard InChI is InChI=1S/C8H18O2SSi/c1-5-10-12(3,4)7-6-11-8(2)9/h5-7H2,1-4H3. The van der Waals surface area contributed by atoms with E-state index < -0.39 is 8.32 Å². The third-order valence-electron chi connectivity index (χ3n) is 1.54. The number of carbonyl (C=O) groups excluding carboxylic acids is 1. The summed E-state index contributed by atoms with van der Waals surface area (Å²) in [6.07, 6.45) is 0. The van der Waals surface area contributed by atoms with Crippen molar-refractivity contribution in [3.63, 3.8) is 0 Å². The van der Waals surface area contributed by atoms with E-state index >= 15 is 0 Å². The molecule has 0 bridgehead atoms. The van der Waals surface area contributed by atoms with Gasteiger partial charge in [0.25, 0.3) is 0 Å². The van der Waals surface area contributed by atoms with Crippen molar-refractivity contribution < 1.29 is 9.22 Å². The third-order valence-corrected chi connectivity index (χ3v) is 5.25. The first-order valence-corrected chi connectivity index (χ1v) is 8.35. The predicted octanol–water partition coefficient (Wildman–Crippen LogP) is 2.51. The summed E-state index contributed by atoms with van der Waals surface area (Å²) in [6, 6.07) is 1.06. The molecule has 0 heterocycles. The fourth-order valence-electron chi connectivity index (χ4n) is 0.903. The van der Waals surface area contributed by atoms with Crippen molar-refractivity contribution in [2.24, 2.45) is 0 Å².